The number of carbonyl (C=O) groups excluding carboxylic acids is 2. The van der Waals surface area contributed by atoms with Gasteiger partial charge in [0.1, 0.15) is 6.61 Å². The highest BCUT2D eigenvalue weighted by molar-refractivity contribution is 8.68. The summed E-state index contributed by atoms with van der Waals surface area (Å²) in [5.74, 6) is 0.773. The van der Waals surface area contributed by atoms with Crippen molar-refractivity contribution in [2.75, 3.05) is 52.3 Å². The number of likely N-dealkylation sites (tertiary alicyclic amines) is 1. The monoisotopic (exact) mass is 378 g/mol. The van der Waals surface area contributed by atoms with E-state index in [4.69, 9.17) is 4.74 Å². The third kappa shape index (κ3) is 8.57. The van der Waals surface area contributed by atoms with E-state index in [2.05, 4.69) is 32.1 Å². The number of amides is 2. The lowest BCUT2D eigenvalue weighted by Crippen LogP contribution is -2.56. The molecule has 2 amide bonds. The molecule has 0 aromatic carbocycles. The Bertz CT molecular complexity index is 399. The molecule has 7 nitrogen and oxygen atoms in total. The number of hydrogen-bond acceptors (Lipinski definition) is 7. The van der Waals surface area contributed by atoms with E-state index < -0.39 is 0 Å². The summed E-state index contributed by atoms with van der Waals surface area (Å²) in [4.78, 5) is 27.7. The molecule has 1 unspecified atom stereocenters. The third-order valence-corrected chi connectivity index (χ3v) is 4.61. The van der Waals surface area contributed by atoms with Gasteiger partial charge in [-0.2, -0.15) is 0 Å². The lowest BCUT2D eigenvalue weighted by atomic mass is 10.0. The van der Waals surface area contributed by atoms with Gasteiger partial charge in [0.15, 0.2) is 0 Å². The Kier molecular flexibility index (Phi) is 10.8. The van der Waals surface area contributed by atoms with Gasteiger partial charge in [-0.15, -0.1) is 11.7 Å². The molecule has 1 heterocycles. The smallest absolute Gasteiger partial charge is 0.246 e. The van der Waals surface area contributed by atoms with Crippen molar-refractivity contribution in [3.05, 3.63) is 0 Å². The second-order valence-electron chi connectivity index (χ2n) is 6.18. The van der Waals surface area contributed by atoms with E-state index in [0.29, 0.717) is 13.1 Å². The minimum absolute atomic E-state index is 0.00444. The molecule has 0 spiro atoms. The van der Waals surface area contributed by atoms with Gasteiger partial charge in [0, 0.05) is 32.7 Å². The summed E-state index contributed by atoms with van der Waals surface area (Å²) in [5.41, 5.74) is 0. The van der Waals surface area contributed by atoms with Gasteiger partial charge in [-0.1, -0.05) is 10.8 Å². The molecule has 0 aromatic rings. The average molecular weight is 379 g/mol. The Balaban J connectivity index is 2.04. The lowest BCUT2D eigenvalue weighted by molar-refractivity contribution is -0.130. The van der Waals surface area contributed by atoms with Crippen molar-refractivity contribution >= 4 is 34.3 Å². The number of ether oxygens (including phenoxy) is 1. The van der Waals surface area contributed by atoms with Gasteiger partial charge in [0.2, 0.25) is 11.8 Å². The summed E-state index contributed by atoms with van der Waals surface area (Å²) >= 11 is 4.12. The van der Waals surface area contributed by atoms with Crippen LogP contribution in [0.5, 0.6) is 0 Å². The van der Waals surface area contributed by atoms with Gasteiger partial charge >= 0.3 is 0 Å². The van der Waals surface area contributed by atoms with Crippen LogP contribution in [0.15, 0.2) is 0 Å². The van der Waals surface area contributed by atoms with Crippen molar-refractivity contribution in [3.8, 4) is 0 Å². The van der Waals surface area contributed by atoms with E-state index in [9.17, 15) is 9.59 Å². The molecule has 1 saturated heterocycles. The number of carbonyl (C=O) groups is 2. The molecule has 0 radical (unpaired) electrons. The normalized spacial score (nSPS) is 17.8. The van der Waals surface area contributed by atoms with E-state index in [1.165, 1.54) is 10.8 Å². The lowest BCUT2D eigenvalue weighted by Gasteiger charge is -2.38. The molecular weight excluding hydrogens is 348 g/mol. The zero-order valence-electron chi connectivity index (χ0n) is 14.8. The number of hydrogen-bond donors (Lipinski definition) is 3. The predicted molar refractivity (Wildman–Crippen MR) is 101 cm³/mol. The topological polar surface area (TPSA) is 73.9 Å². The highest BCUT2D eigenvalue weighted by atomic mass is 33.1. The molecular formula is C15H30N4O3S2. The van der Waals surface area contributed by atoms with Gasteiger partial charge in [-0.05, 0) is 27.3 Å². The van der Waals surface area contributed by atoms with E-state index in [0.717, 1.165) is 31.9 Å². The van der Waals surface area contributed by atoms with Gasteiger partial charge in [0.25, 0.3) is 0 Å². The van der Waals surface area contributed by atoms with Crippen LogP contribution in [0.1, 0.15) is 20.3 Å². The molecule has 0 bridgehead atoms. The highest BCUT2D eigenvalue weighted by Crippen LogP contribution is 2.21. The van der Waals surface area contributed by atoms with Crippen molar-refractivity contribution in [1.29, 1.82) is 0 Å². The van der Waals surface area contributed by atoms with Crippen LogP contribution < -0.4 is 10.6 Å². The maximum atomic E-state index is 12.0. The second-order valence-corrected chi connectivity index (χ2v) is 7.47. The Labute approximate surface area is 154 Å². The predicted octanol–water partition coefficient (Wildman–Crippen LogP) is 0.185. The zero-order valence-corrected chi connectivity index (χ0v) is 16.5. The van der Waals surface area contributed by atoms with Crippen molar-refractivity contribution in [3.63, 3.8) is 0 Å². The molecule has 0 saturated carbocycles. The molecule has 140 valence electrons. The maximum absolute atomic E-state index is 12.0. The van der Waals surface area contributed by atoms with Crippen LogP contribution >= 0.6 is 22.5 Å². The summed E-state index contributed by atoms with van der Waals surface area (Å²) in [6.07, 6.45) is 0.973. The Morgan fingerprint density at radius 2 is 2.00 bits per heavy atom. The molecule has 1 rings (SSSR count). The minimum Gasteiger partial charge on any atom is -0.369 e. The molecule has 1 aliphatic rings. The van der Waals surface area contributed by atoms with Gasteiger partial charge in [-0.25, -0.2) is 0 Å². The molecule has 0 aliphatic carbocycles. The van der Waals surface area contributed by atoms with E-state index in [1.807, 2.05) is 20.9 Å². The quantitative estimate of drug-likeness (QED) is 0.332. The first kappa shape index (κ1) is 21.6. The van der Waals surface area contributed by atoms with Crippen molar-refractivity contribution < 1.29 is 14.3 Å². The van der Waals surface area contributed by atoms with Crippen LogP contribution in [-0.4, -0.2) is 86.0 Å². The number of rotatable bonds is 12. The van der Waals surface area contributed by atoms with Crippen molar-refractivity contribution in [1.82, 2.24) is 20.4 Å². The summed E-state index contributed by atoms with van der Waals surface area (Å²) < 4.78 is 5.23. The first-order valence-corrected chi connectivity index (χ1v) is 10.3. The Morgan fingerprint density at radius 3 is 2.54 bits per heavy atom. The van der Waals surface area contributed by atoms with Crippen LogP contribution in [0.25, 0.3) is 0 Å². The van der Waals surface area contributed by atoms with Crippen LogP contribution in [0.4, 0.5) is 0 Å². The molecule has 1 atom stereocenters. The van der Waals surface area contributed by atoms with E-state index in [-0.39, 0.29) is 30.6 Å². The number of likely N-dealkylation sites (N-methyl/N-ethyl adjacent to an activating group) is 1. The van der Waals surface area contributed by atoms with Crippen molar-refractivity contribution in [2.24, 2.45) is 0 Å². The van der Waals surface area contributed by atoms with Crippen LogP contribution in [0, 0.1) is 0 Å². The zero-order chi connectivity index (χ0) is 17.9. The number of thiol groups is 1. The standard InChI is InChI=1S/C15H30N4O3S2/c1-12(2)22-10-14(20)16-5-8-18(3)9-6-17-15(21)13-4-7-19(13)11-24-23/h12-13,23H,4-11H2,1-3H3,(H,16,20)(H,17,21). The highest BCUT2D eigenvalue weighted by Gasteiger charge is 2.33. The summed E-state index contributed by atoms with van der Waals surface area (Å²) in [5, 5.41) is 5.79. The van der Waals surface area contributed by atoms with Gasteiger partial charge < -0.3 is 20.3 Å². The molecule has 2 N–H and O–H groups in total. The molecule has 9 heteroatoms. The number of nitrogens with zero attached hydrogens (tertiary/aromatic N) is 2. The molecule has 24 heavy (non-hydrogen) atoms. The first-order valence-electron chi connectivity index (χ1n) is 8.29. The minimum atomic E-state index is -0.0995. The van der Waals surface area contributed by atoms with Crippen LogP contribution in [-0.2, 0) is 14.3 Å². The largest absolute Gasteiger partial charge is 0.369 e. The first-order chi connectivity index (χ1) is 11.4. The fourth-order valence-electron chi connectivity index (χ4n) is 2.25. The SMILES string of the molecule is CC(C)OCC(=O)NCCN(C)CCNC(=O)C1CCN1CSS. The molecule has 1 aliphatic heterocycles. The summed E-state index contributed by atoms with van der Waals surface area (Å²) in [7, 11) is 3.41. The van der Waals surface area contributed by atoms with Gasteiger partial charge in [-0.3, -0.25) is 14.5 Å². The maximum Gasteiger partial charge on any atom is 0.246 e. The van der Waals surface area contributed by atoms with E-state index in [1.54, 1.807) is 0 Å². The Morgan fingerprint density at radius 1 is 1.33 bits per heavy atom. The summed E-state index contributed by atoms with van der Waals surface area (Å²) in [6, 6.07) is -0.00444. The molecule has 1 fully saturated rings. The second kappa shape index (κ2) is 12.0. The number of nitrogens with one attached hydrogen (secondary N) is 2. The fourth-order valence-corrected chi connectivity index (χ4v) is 3.15. The van der Waals surface area contributed by atoms with Crippen molar-refractivity contribution in [2.45, 2.75) is 32.4 Å². The fraction of sp³-hybridized carbons (Fsp3) is 0.867. The third-order valence-electron chi connectivity index (χ3n) is 3.81. The molecule has 0 aromatic heterocycles. The van der Waals surface area contributed by atoms with Crippen LogP contribution in [0.3, 0.4) is 0 Å². The van der Waals surface area contributed by atoms with E-state index >= 15 is 0 Å². The summed E-state index contributed by atoms with van der Waals surface area (Å²) in [6.45, 7) is 7.52. The van der Waals surface area contributed by atoms with Crippen LogP contribution in [0.2, 0.25) is 0 Å². The Hall–Kier alpha value is -0.480. The van der Waals surface area contributed by atoms with Gasteiger partial charge in [0.05, 0.1) is 18.0 Å². The average Bonchev–Trinajstić information content (AvgIpc) is 2.49.